The number of hydrogen-bond acceptors (Lipinski definition) is 5. The van der Waals surface area contributed by atoms with Gasteiger partial charge < -0.3 is 10.5 Å². The lowest BCUT2D eigenvalue weighted by Crippen LogP contribution is -2.59. The number of ether oxygens (including phenoxy) is 1. The van der Waals surface area contributed by atoms with Crippen LogP contribution in [0.5, 0.6) is 0 Å². The summed E-state index contributed by atoms with van der Waals surface area (Å²) < 4.78 is 31.5. The van der Waals surface area contributed by atoms with Gasteiger partial charge in [-0.1, -0.05) is 17.7 Å². The van der Waals surface area contributed by atoms with E-state index in [0.29, 0.717) is 11.1 Å². The van der Waals surface area contributed by atoms with Gasteiger partial charge >= 0.3 is 5.97 Å². The maximum Gasteiger partial charge on any atom is 0.341 e. The number of carbonyl (C=O) groups is 1. The van der Waals surface area contributed by atoms with Crippen LogP contribution in [0.1, 0.15) is 23.6 Å². The molecular weight excluding hydrogens is 280 g/mol. The van der Waals surface area contributed by atoms with Crippen LogP contribution in [0.4, 0.5) is 0 Å². The summed E-state index contributed by atoms with van der Waals surface area (Å²) in [5, 5.41) is 0. The molecule has 0 aromatic heterocycles. The molecule has 0 spiro atoms. The molecule has 1 atom stereocenters. The van der Waals surface area contributed by atoms with Crippen LogP contribution in [0, 0.1) is 20.8 Å². The monoisotopic (exact) mass is 300 g/mol. The van der Waals surface area contributed by atoms with Gasteiger partial charge in [-0.3, -0.25) is 0 Å². The maximum absolute atomic E-state index is 12.4. The lowest BCUT2D eigenvalue weighted by atomic mass is 10.1. The molecule has 1 rings (SSSR count). The second-order valence-corrected chi connectivity index (χ2v) is 6.65. The Morgan fingerprint density at radius 3 is 2.10 bits per heavy atom. The Bertz CT molecular complexity index is 613. The van der Waals surface area contributed by atoms with Crippen molar-refractivity contribution in [2.75, 3.05) is 7.11 Å². The molecule has 0 fully saturated rings. The highest BCUT2D eigenvalue weighted by Crippen LogP contribution is 2.22. The van der Waals surface area contributed by atoms with Crippen molar-refractivity contribution >= 4 is 16.0 Å². The van der Waals surface area contributed by atoms with Gasteiger partial charge in [-0.15, -0.1) is 0 Å². The Morgan fingerprint density at radius 2 is 1.70 bits per heavy atom. The predicted molar refractivity (Wildman–Crippen MR) is 75.6 cm³/mol. The van der Waals surface area contributed by atoms with Gasteiger partial charge in [0, 0.05) is 0 Å². The van der Waals surface area contributed by atoms with Gasteiger partial charge in [0.1, 0.15) is 0 Å². The molecule has 0 aliphatic carbocycles. The van der Waals surface area contributed by atoms with Crippen molar-refractivity contribution in [1.82, 2.24) is 4.72 Å². The molecule has 3 N–H and O–H groups in total. The van der Waals surface area contributed by atoms with Crippen molar-refractivity contribution in [2.45, 2.75) is 38.3 Å². The molecule has 0 saturated carbocycles. The Balaban J connectivity index is 3.29. The second kappa shape index (κ2) is 5.51. The standard InChI is InChI=1S/C13H20N2O4S/c1-8-6-9(2)11(10(3)7-8)20(17,18)15-13(4,14)12(16)19-5/h6-7,15H,14H2,1-5H3. The Kier molecular flexibility index (Phi) is 4.58. The zero-order valence-electron chi connectivity index (χ0n) is 12.3. The number of rotatable bonds is 4. The van der Waals surface area contributed by atoms with Crippen molar-refractivity contribution in [2.24, 2.45) is 5.73 Å². The normalized spacial score (nSPS) is 14.7. The number of aryl methyl sites for hydroxylation is 3. The summed E-state index contributed by atoms with van der Waals surface area (Å²) in [5.41, 5.74) is 5.98. The molecule has 0 bridgehead atoms. The fraction of sp³-hybridized carbons (Fsp3) is 0.462. The number of methoxy groups -OCH3 is 1. The highest BCUT2D eigenvalue weighted by molar-refractivity contribution is 7.89. The lowest BCUT2D eigenvalue weighted by molar-refractivity contribution is -0.146. The minimum absolute atomic E-state index is 0.128. The van der Waals surface area contributed by atoms with Gasteiger partial charge in [-0.05, 0) is 38.8 Å². The van der Waals surface area contributed by atoms with Crippen molar-refractivity contribution in [3.05, 3.63) is 28.8 Å². The van der Waals surface area contributed by atoms with E-state index in [4.69, 9.17) is 5.73 Å². The zero-order chi connectivity index (χ0) is 15.7. The van der Waals surface area contributed by atoms with E-state index in [0.717, 1.165) is 12.7 Å². The molecule has 20 heavy (non-hydrogen) atoms. The predicted octanol–water partition coefficient (Wildman–Crippen LogP) is 0.738. The van der Waals surface area contributed by atoms with E-state index in [2.05, 4.69) is 9.46 Å². The van der Waals surface area contributed by atoms with Crippen molar-refractivity contribution in [3.8, 4) is 0 Å². The summed E-state index contributed by atoms with van der Waals surface area (Å²) in [5.74, 6) is -0.858. The van der Waals surface area contributed by atoms with Crippen LogP contribution >= 0.6 is 0 Å². The third-order valence-corrected chi connectivity index (χ3v) is 4.70. The molecule has 0 aliphatic rings. The molecule has 1 unspecified atom stereocenters. The van der Waals surface area contributed by atoms with Crippen LogP contribution in [0.25, 0.3) is 0 Å². The number of hydrogen-bond donors (Lipinski definition) is 2. The summed E-state index contributed by atoms with van der Waals surface area (Å²) in [6.45, 7) is 6.52. The lowest BCUT2D eigenvalue weighted by Gasteiger charge is -2.24. The fourth-order valence-electron chi connectivity index (χ4n) is 2.17. The molecule has 0 amide bonds. The number of nitrogens with one attached hydrogen (secondary N) is 1. The number of benzene rings is 1. The molecule has 0 aliphatic heterocycles. The van der Waals surface area contributed by atoms with E-state index in [1.165, 1.54) is 6.92 Å². The SMILES string of the molecule is COC(=O)C(C)(N)NS(=O)(=O)c1c(C)cc(C)cc1C. The number of esters is 1. The number of nitrogens with two attached hydrogens (primary N) is 1. The van der Waals surface area contributed by atoms with E-state index in [9.17, 15) is 13.2 Å². The molecule has 0 radical (unpaired) electrons. The summed E-state index contributed by atoms with van der Waals surface area (Å²) in [6, 6.07) is 3.52. The van der Waals surface area contributed by atoms with Crippen LogP contribution in [0.15, 0.2) is 17.0 Å². The molecule has 112 valence electrons. The molecule has 0 heterocycles. The summed E-state index contributed by atoms with van der Waals surface area (Å²) in [7, 11) is -2.78. The highest BCUT2D eigenvalue weighted by Gasteiger charge is 2.36. The van der Waals surface area contributed by atoms with Crippen LogP contribution in [0.3, 0.4) is 0 Å². The van der Waals surface area contributed by atoms with Gasteiger partial charge in [-0.2, -0.15) is 4.72 Å². The van der Waals surface area contributed by atoms with Crippen LogP contribution in [-0.2, 0) is 19.6 Å². The van der Waals surface area contributed by atoms with Crippen molar-refractivity contribution in [1.29, 1.82) is 0 Å². The van der Waals surface area contributed by atoms with Crippen molar-refractivity contribution in [3.63, 3.8) is 0 Å². The quantitative estimate of drug-likeness (QED) is 0.631. The minimum Gasteiger partial charge on any atom is -0.467 e. The molecule has 7 heteroatoms. The maximum atomic E-state index is 12.4. The number of carbonyl (C=O) groups excluding carboxylic acids is 1. The first-order chi connectivity index (χ1) is 9.01. The van der Waals surface area contributed by atoms with Gasteiger partial charge in [0.25, 0.3) is 0 Å². The number of sulfonamides is 1. The molecule has 6 nitrogen and oxygen atoms in total. The molecular formula is C13H20N2O4S. The minimum atomic E-state index is -3.93. The van der Waals surface area contributed by atoms with Gasteiger partial charge in [0.05, 0.1) is 12.0 Å². The topological polar surface area (TPSA) is 98.5 Å². The second-order valence-electron chi connectivity index (χ2n) is 5.03. The fourth-order valence-corrected chi connectivity index (χ4v) is 3.88. The van der Waals surface area contributed by atoms with Gasteiger partial charge in [-0.25, -0.2) is 13.2 Å². The first-order valence-corrected chi connectivity index (χ1v) is 7.48. The van der Waals surface area contributed by atoms with Crippen LogP contribution < -0.4 is 10.5 Å². The average Bonchev–Trinajstić information content (AvgIpc) is 2.23. The molecule has 1 aromatic carbocycles. The molecule has 0 saturated heterocycles. The Morgan fingerprint density at radius 1 is 1.25 bits per heavy atom. The van der Waals surface area contributed by atoms with E-state index >= 15 is 0 Å². The third kappa shape index (κ3) is 3.36. The highest BCUT2D eigenvalue weighted by atomic mass is 32.2. The van der Waals surface area contributed by atoms with E-state index in [-0.39, 0.29) is 4.90 Å². The first-order valence-electron chi connectivity index (χ1n) is 6.00. The van der Waals surface area contributed by atoms with E-state index in [1.807, 2.05) is 6.92 Å². The summed E-state index contributed by atoms with van der Waals surface area (Å²) >= 11 is 0. The largest absolute Gasteiger partial charge is 0.467 e. The van der Waals surface area contributed by atoms with E-state index in [1.54, 1.807) is 26.0 Å². The first kappa shape index (κ1) is 16.6. The zero-order valence-corrected chi connectivity index (χ0v) is 13.1. The third-order valence-electron chi connectivity index (χ3n) is 2.83. The summed E-state index contributed by atoms with van der Waals surface area (Å²) in [6.07, 6.45) is 0. The summed E-state index contributed by atoms with van der Waals surface area (Å²) in [4.78, 5) is 11.6. The smallest absolute Gasteiger partial charge is 0.341 e. The van der Waals surface area contributed by atoms with Crippen LogP contribution in [0.2, 0.25) is 0 Å². The Labute approximate surface area is 119 Å². The van der Waals surface area contributed by atoms with E-state index < -0.39 is 21.7 Å². The Hall–Kier alpha value is -1.44. The van der Waals surface area contributed by atoms with Gasteiger partial charge in [0.2, 0.25) is 10.0 Å². The molecule has 1 aromatic rings. The average molecular weight is 300 g/mol. The van der Waals surface area contributed by atoms with Crippen LogP contribution in [-0.4, -0.2) is 27.2 Å². The van der Waals surface area contributed by atoms with Gasteiger partial charge in [0.15, 0.2) is 5.66 Å². The van der Waals surface area contributed by atoms with Crippen molar-refractivity contribution < 1.29 is 17.9 Å².